The fourth-order valence-corrected chi connectivity index (χ4v) is 4.91. The topological polar surface area (TPSA) is 80.1 Å². The Morgan fingerprint density at radius 1 is 0.816 bits per heavy atom. The van der Waals surface area contributed by atoms with Crippen LogP contribution in [0.15, 0.2) is 89.1 Å². The highest BCUT2D eigenvalue weighted by Gasteiger charge is 2.36. The van der Waals surface area contributed by atoms with Crippen molar-refractivity contribution in [3.05, 3.63) is 90.3 Å². The van der Waals surface area contributed by atoms with Gasteiger partial charge in [-0.15, -0.1) is 0 Å². The van der Waals surface area contributed by atoms with Crippen molar-refractivity contribution in [3.63, 3.8) is 0 Å². The van der Waals surface area contributed by atoms with Crippen LogP contribution in [-0.2, 0) is 0 Å². The van der Waals surface area contributed by atoms with Gasteiger partial charge in [0, 0.05) is 43.8 Å². The Morgan fingerprint density at radius 2 is 1.47 bits per heavy atom. The first kappa shape index (κ1) is 25.1. The van der Waals surface area contributed by atoms with Crippen molar-refractivity contribution >= 4 is 28.9 Å². The molecule has 1 aliphatic heterocycles. The van der Waals surface area contributed by atoms with E-state index in [9.17, 15) is 9.59 Å². The van der Waals surface area contributed by atoms with E-state index in [1.54, 1.807) is 16.2 Å². The van der Waals surface area contributed by atoms with E-state index in [1.165, 1.54) is 26.7 Å². The number of Topliss-reactive ketones (excluding diaryl/α,β-unsaturated/α-hetero) is 2. The van der Waals surface area contributed by atoms with Crippen molar-refractivity contribution in [1.29, 1.82) is 0 Å². The van der Waals surface area contributed by atoms with Crippen molar-refractivity contribution in [3.8, 4) is 17.1 Å². The molecule has 0 radical (unpaired) electrons. The number of imidazole rings is 1. The average molecular weight is 509 g/mol. The molecule has 0 N–H and O–H groups in total. The molecule has 0 saturated carbocycles. The fourth-order valence-electron chi connectivity index (χ4n) is 4.91. The molecule has 38 heavy (non-hydrogen) atoms. The Hall–Kier alpha value is -4.59. The van der Waals surface area contributed by atoms with E-state index in [1.807, 2.05) is 78.9 Å². The zero-order valence-electron chi connectivity index (χ0n) is 21.8. The normalized spacial score (nSPS) is 13.3. The van der Waals surface area contributed by atoms with Crippen molar-refractivity contribution in [2.24, 2.45) is 10.2 Å². The number of carbonyl (C=O) groups excluding carboxylic acids is 2. The quantitative estimate of drug-likeness (QED) is 0.162. The van der Waals surface area contributed by atoms with Crippen LogP contribution in [0.1, 0.15) is 47.7 Å². The number of azo groups is 1. The first-order valence-corrected chi connectivity index (χ1v) is 12.7. The third kappa shape index (κ3) is 4.72. The first-order valence-electron chi connectivity index (χ1n) is 12.7. The molecule has 8 heteroatoms. The van der Waals surface area contributed by atoms with Gasteiger partial charge in [-0.2, -0.15) is 9.13 Å². The van der Waals surface area contributed by atoms with Gasteiger partial charge in [-0.3, -0.25) is 9.59 Å². The molecular formula is C30H30N5O3+. The Bertz CT molecular complexity index is 1430. The molecule has 1 saturated heterocycles. The van der Waals surface area contributed by atoms with Gasteiger partial charge >= 0.3 is 5.95 Å². The lowest BCUT2D eigenvalue weighted by Crippen LogP contribution is -2.36. The van der Waals surface area contributed by atoms with Crippen molar-refractivity contribution in [2.75, 3.05) is 25.1 Å². The van der Waals surface area contributed by atoms with Crippen molar-refractivity contribution in [1.82, 2.24) is 4.57 Å². The number of para-hydroxylation sites is 2. The molecule has 1 fully saturated rings. The summed E-state index contributed by atoms with van der Waals surface area (Å²) in [5.74, 6) is 0.416. The molecule has 5 rings (SSSR count). The van der Waals surface area contributed by atoms with Crippen LogP contribution in [0.5, 0.6) is 5.75 Å². The van der Waals surface area contributed by atoms with E-state index in [2.05, 4.69) is 15.1 Å². The number of anilines is 1. The molecule has 0 spiro atoms. The number of carbonyl (C=O) groups is 2. The highest BCUT2D eigenvalue weighted by molar-refractivity contribution is 6.05. The summed E-state index contributed by atoms with van der Waals surface area (Å²) in [6.07, 6.45) is 2.35. The number of hydrogen-bond acceptors (Lipinski definition) is 6. The second kappa shape index (κ2) is 10.8. The predicted molar refractivity (Wildman–Crippen MR) is 146 cm³/mol. The largest absolute Gasteiger partial charge is 0.494 e. The van der Waals surface area contributed by atoms with Gasteiger partial charge in [-0.25, -0.2) is 0 Å². The van der Waals surface area contributed by atoms with Crippen LogP contribution in [0, 0.1) is 0 Å². The second-order valence-corrected chi connectivity index (χ2v) is 9.20. The molecule has 0 amide bonds. The highest BCUT2D eigenvalue weighted by Crippen LogP contribution is 2.35. The van der Waals surface area contributed by atoms with Crippen LogP contribution < -0.4 is 14.2 Å². The van der Waals surface area contributed by atoms with Gasteiger partial charge in [-0.1, -0.05) is 41.5 Å². The molecule has 1 aromatic heterocycles. The van der Waals surface area contributed by atoms with Crippen LogP contribution in [0.2, 0.25) is 0 Å². The van der Waals surface area contributed by atoms with Gasteiger partial charge in [0.05, 0.1) is 7.11 Å². The minimum absolute atomic E-state index is 0.248. The van der Waals surface area contributed by atoms with E-state index in [0.717, 1.165) is 18.8 Å². The Balaban J connectivity index is 1.74. The molecule has 0 aliphatic carbocycles. The Morgan fingerprint density at radius 3 is 2.08 bits per heavy atom. The second-order valence-electron chi connectivity index (χ2n) is 9.20. The summed E-state index contributed by atoms with van der Waals surface area (Å²) < 4.78 is 9.06. The minimum Gasteiger partial charge on any atom is -0.494 e. The van der Waals surface area contributed by atoms with Gasteiger partial charge in [0.25, 0.3) is 0 Å². The third-order valence-electron chi connectivity index (χ3n) is 6.65. The molecule has 0 atom stereocenters. The zero-order chi connectivity index (χ0) is 26.6. The van der Waals surface area contributed by atoms with Crippen LogP contribution in [-0.4, -0.2) is 36.3 Å². The van der Waals surface area contributed by atoms with Crippen molar-refractivity contribution < 1.29 is 18.9 Å². The summed E-state index contributed by atoms with van der Waals surface area (Å²) in [5.41, 5.74) is 3.52. The van der Waals surface area contributed by atoms with E-state index in [4.69, 9.17) is 4.74 Å². The number of rotatable bonds is 8. The van der Waals surface area contributed by atoms with Crippen molar-refractivity contribution in [2.45, 2.75) is 26.7 Å². The summed E-state index contributed by atoms with van der Waals surface area (Å²) in [4.78, 5) is 28.4. The molecule has 192 valence electrons. The number of nitrogens with zero attached hydrogens (tertiary/aromatic N) is 5. The van der Waals surface area contributed by atoms with Gasteiger partial charge in [0.2, 0.25) is 0 Å². The number of methoxy groups -OCH3 is 1. The number of benzene rings is 3. The van der Waals surface area contributed by atoms with Crippen LogP contribution in [0.25, 0.3) is 11.4 Å². The third-order valence-corrected chi connectivity index (χ3v) is 6.65. The van der Waals surface area contributed by atoms with E-state index in [-0.39, 0.29) is 23.0 Å². The molecular weight excluding hydrogens is 478 g/mol. The first-order chi connectivity index (χ1) is 18.5. The summed E-state index contributed by atoms with van der Waals surface area (Å²) >= 11 is 0. The highest BCUT2D eigenvalue weighted by atomic mass is 16.5. The molecule has 2 heterocycles. The van der Waals surface area contributed by atoms with Gasteiger partial charge < -0.3 is 9.64 Å². The maximum Gasteiger partial charge on any atom is 0.432 e. The van der Waals surface area contributed by atoms with E-state index in [0.29, 0.717) is 28.8 Å². The lowest BCUT2D eigenvalue weighted by atomic mass is 10.1. The van der Waals surface area contributed by atoms with Gasteiger partial charge in [0.1, 0.15) is 22.8 Å². The average Bonchev–Trinajstić information content (AvgIpc) is 3.60. The minimum atomic E-state index is -0.252. The molecule has 3 aromatic carbocycles. The lowest BCUT2D eigenvalue weighted by molar-refractivity contribution is -0.583. The molecule has 0 bridgehead atoms. The molecule has 0 unspecified atom stereocenters. The number of ketones is 2. The number of ether oxygens (including phenoxy) is 1. The number of aromatic nitrogens is 2. The lowest BCUT2D eigenvalue weighted by Gasteiger charge is -2.18. The van der Waals surface area contributed by atoms with E-state index >= 15 is 0 Å². The SMILES string of the molecule is COc1cc(N2CCCC2)ccc1N=Nc1n(-c2ccccc2)c(C(C)=O)c(C(C)=O)[n+]1-c1ccccc1. The van der Waals surface area contributed by atoms with Crippen LogP contribution in [0.4, 0.5) is 17.3 Å². The summed E-state index contributed by atoms with van der Waals surface area (Å²) in [6, 6.07) is 24.7. The summed E-state index contributed by atoms with van der Waals surface area (Å²) in [5, 5.41) is 9.24. The maximum atomic E-state index is 13.0. The Kier molecular flexibility index (Phi) is 7.13. The molecule has 1 aliphatic rings. The smallest absolute Gasteiger partial charge is 0.432 e. The fraction of sp³-hybridized carbons (Fsp3) is 0.233. The Labute approximate surface area is 221 Å². The predicted octanol–water partition coefficient (Wildman–Crippen LogP) is 6.18. The summed E-state index contributed by atoms with van der Waals surface area (Å²) in [7, 11) is 1.61. The summed E-state index contributed by atoms with van der Waals surface area (Å²) in [6.45, 7) is 4.95. The van der Waals surface area contributed by atoms with Crippen LogP contribution in [0.3, 0.4) is 0 Å². The zero-order valence-corrected chi connectivity index (χ0v) is 21.8. The standard InChI is InChI=1S/C30H30N5O3/c1-21(36)28-29(22(2)37)35(24-14-8-5-9-15-24)30(34(28)23-12-6-4-7-13-23)32-31-26-17-16-25(20-27(26)38-3)33-18-10-11-19-33/h4-9,12-17,20H,10-11,18-19H2,1-3H3/q+1. The maximum absolute atomic E-state index is 13.0. The van der Waals surface area contributed by atoms with E-state index < -0.39 is 0 Å². The van der Waals surface area contributed by atoms with Crippen LogP contribution >= 0.6 is 0 Å². The monoisotopic (exact) mass is 508 g/mol. The molecule has 4 aromatic rings. The van der Waals surface area contributed by atoms with Gasteiger partial charge in [-0.05, 0) is 49.2 Å². The van der Waals surface area contributed by atoms with Gasteiger partial charge in [0.15, 0.2) is 23.0 Å². The number of hydrogen-bond donors (Lipinski definition) is 0. The molecule has 8 nitrogen and oxygen atoms in total.